The molecular weight excluding hydrogens is 292 g/mol. The van der Waals surface area contributed by atoms with E-state index >= 15 is 0 Å². The van der Waals surface area contributed by atoms with E-state index in [1.165, 1.54) is 5.56 Å². The van der Waals surface area contributed by atoms with Gasteiger partial charge in [0.05, 0.1) is 0 Å². The van der Waals surface area contributed by atoms with Gasteiger partial charge in [-0.15, -0.1) is 11.8 Å². The minimum absolute atomic E-state index is 0.255. The predicted octanol–water partition coefficient (Wildman–Crippen LogP) is 4.44. The number of phenolic OH excluding ortho intramolecular Hbond substituents is 1. The molecule has 3 rings (SSSR count). The fourth-order valence-electron chi connectivity index (χ4n) is 2.16. The van der Waals surface area contributed by atoms with Crippen LogP contribution in [0.3, 0.4) is 0 Å². The van der Waals surface area contributed by atoms with Crippen LogP contribution in [0.15, 0.2) is 72.4 Å². The van der Waals surface area contributed by atoms with Crippen molar-refractivity contribution in [3.63, 3.8) is 0 Å². The van der Waals surface area contributed by atoms with E-state index in [0.717, 1.165) is 22.7 Å². The van der Waals surface area contributed by atoms with Crippen LogP contribution in [0.5, 0.6) is 5.75 Å². The summed E-state index contributed by atoms with van der Waals surface area (Å²) in [4.78, 5) is 7.42. The van der Waals surface area contributed by atoms with Gasteiger partial charge in [-0.1, -0.05) is 48.5 Å². The Morgan fingerprint density at radius 3 is 2.59 bits per heavy atom. The number of hydrogen-bond acceptors (Lipinski definition) is 3. The third kappa shape index (κ3) is 3.40. The molecule has 0 atom stereocenters. The highest BCUT2D eigenvalue weighted by Gasteiger charge is 2.11. The Bertz CT molecular complexity index is 752. The molecule has 3 nitrogen and oxygen atoms in total. The summed E-state index contributed by atoms with van der Waals surface area (Å²) in [5, 5.41) is 12.1. The molecule has 0 aliphatic rings. The molecule has 0 saturated carbocycles. The molecule has 1 aromatic heterocycles. The molecule has 4 heteroatoms. The first kappa shape index (κ1) is 14.5. The number of aromatic amines is 1. The van der Waals surface area contributed by atoms with Gasteiger partial charge in [-0.05, 0) is 17.0 Å². The molecule has 110 valence electrons. The van der Waals surface area contributed by atoms with Gasteiger partial charge in [0.2, 0.25) is 0 Å². The zero-order valence-electron chi connectivity index (χ0n) is 11.9. The quantitative estimate of drug-likeness (QED) is 0.732. The summed E-state index contributed by atoms with van der Waals surface area (Å²) in [5.74, 6) is 1.88. The number of nitrogens with zero attached hydrogens (tertiary/aromatic N) is 1. The van der Waals surface area contributed by atoms with Gasteiger partial charge in [0.25, 0.3) is 0 Å². The molecule has 0 spiro atoms. The standard InChI is InChI=1S/C18H16N2OS/c21-17-9-5-4-8-15(17)16(18-19-10-11-20-18)13-22-12-14-6-2-1-3-7-14/h1-11,13,21H,12H2,(H,19,20). The van der Waals surface area contributed by atoms with Crippen LogP contribution in [-0.4, -0.2) is 15.1 Å². The number of benzene rings is 2. The lowest BCUT2D eigenvalue weighted by atomic mass is 10.1. The molecule has 0 radical (unpaired) electrons. The van der Waals surface area contributed by atoms with E-state index in [9.17, 15) is 5.11 Å². The van der Waals surface area contributed by atoms with Crippen molar-refractivity contribution in [1.29, 1.82) is 0 Å². The van der Waals surface area contributed by atoms with Gasteiger partial charge in [0, 0.05) is 29.3 Å². The molecule has 2 aromatic carbocycles. The van der Waals surface area contributed by atoms with Crippen molar-refractivity contribution >= 4 is 17.3 Å². The second-order valence-corrected chi connectivity index (χ2v) is 5.64. The van der Waals surface area contributed by atoms with E-state index in [-0.39, 0.29) is 5.75 Å². The SMILES string of the molecule is Oc1ccccc1C(=CSCc1ccccc1)c1ncc[nH]1. The van der Waals surface area contributed by atoms with Crippen LogP contribution in [0.25, 0.3) is 5.57 Å². The van der Waals surface area contributed by atoms with E-state index in [2.05, 4.69) is 22.1 Å². The smallest absolute Gasteiger partial charge is 0.138 e. The summed E-state index contributed by atoms with van der Waals surface area (Å²) in [7, 11) is 0. The molecule has 0 bridgehead atoms. The number of thioether (sulfide) groups is 1. The van der Waals surface area contributed by atoms with E-state index in [1.807, 2.05) is 41.8 Å². The second kappa shape index (κ2) is 7.00. The molecule has 0 saturated heterocycles. The Balaban J connectivity index is 1.86. The van der Waals surface area contributed by atoms with Gasteiger partial charge in [0.1, 0.15) is 11.6 Å². The van der Waals surface area contributed by atoms with Gasteiger partial charge >= 0.3 is 0 Å². The Morgan fingerprint density at radius 1 is 1.09 bits per heavy atom. The molecular formula is C18H16N2OS. The van der Waals surface area contributed by atoms with Crippen LogP contribution in [0.4, 0.5) is 0 Å². The Morgan fingerprint density at radius 2 is 1.86 bits per heavy atom. The van der Waals surface area contributed by atoms with Crippen molar-refractivity contribution in [2.75, 3.05) is 0 Å². The van der Waals surface area contributed by atoms with Gasteiger partial charge in [-0.2, -0.15) is 0 Å². The number of rotatable bonds is 5. The van der Waals surface area contributed by atoms with Crippen LogP contribution in [0.2, 0.25) is 0 Å². The number of hydrogen-bond donors (Lipinski definition) is 2. The van der Waals surface area contributed by atoms with Crippen molar-refractivity contribution in [1.82, 2.24) is 9.97 Å². The zero-order valence-corrected chi connectivity index (χ0v) is 12.8. The normalized spacial score (nSPS) is 11.5. The number of phenols is 1. The first-order chi connectivity index (χ1) is 10.8. The van der Waals surface area contributed by atoms with Crippen LogP contribution in [-0.2, 0) is 5.75 Å². The second-order valence-electron chi connectivity index (χ2n) is 4.78. The highest BCUT2D eigenvalue weighted by molar-refractivity contribution is 8.01. The van der Waals surface area contributed by atoms with Gasteiger partial charge in [-0.25, -0.2) is 4.98 Å². The summed E-state index contributed by atoms with van der Waals surface area (Å²) in [6.45, 7) is 0. The first-order valence-corrected chi connectivity index (χ1v) is 8.03. The minimum atomic E-state index is 0.255. The molecule has 0 amide bonds. The summed E-state index contributed by atoms with van der Waals surface area (Å²) >= 11 is 1.68. The van der Waals surface area contributed by atoms with E-state index in [1.54, 1.807) is 30.2 Å². The number of nitrogens with one attached hydrogen (secondary N) is 1. The Kier molecular flexibility index (Phi) is 4.61. The van der Waals surface area contributed by atoms with Gasteiger partial charge in [0.15, 0.2) is 0 Å². The lowest BCUT2D eigenvalue weighted by Gasteiger charge is -2.07. The highest BCUT2D eigenvalue weighted by Crippen LogP contribution is 2.31. The van der Waals surface area contributed by atoms with E-state index in [4.69, 9.17) is 0 Å². The fraction of sp³-hybridized carbons (Fsp3) is 0.0556. The molecule has 0 unspecified atom stereocenters. The van der Waals surface area contributed by atoms with Crippen LogP contribution >= 0.6 is 11.8 Å². The lowest BCUT2D eigenvalue weighted by Crippen LogP contribution is -1.91. The Hall–Kier alpha value is -2.46. The largest absolute Gasteiger partial charge is 0.507 e. The molecule has 0 aliphatic carbocycles. The number of aromatic hydroxyl groups is 1. The monoisotopic (exact) mass is 308 g/mol. The fourth-order valence-corrected chi connectivity index (χ4v) is 3.03. The van der Waals surface area contributed by atoms with Crippen molar-refractivity contribution in [3.05, 3.63) is 89.4 Å². The van der Waals surface area contributed by atoms with Crippen LogP contribution in [0.1, 0.15) is 17.0 Å². The number of aromatic nitrogens is 2. The average molecular weight is 308 g/mol. The summed E-state index contributed by atoms with van der Waals surface area (Å²) in [6.07, 6.45) is 3.50. The maximum Gasteiger partial charge on any atom is 0.138 e. The van der Waals surface area contributed by atoms with Crippen molar-refractivity contribution in [2.24, 2.45) is 0 Å². The third-order valence-electron chi connectivity index (χ3n) is 3.24. The van der Waals surface area contributed by atoms with Crippen molar-refractivity contribution in [2.45, 2.75) is 5.75 Å². The minimum Gasteiger partial charge on any atom is -0.507 e. The van der Waals surface area contributed by atoms with E-state index < -0.39 is 0 Å². The van der Waals surface area contributed by atoms with E-state index in [0.29, 0.717) is 0 Å². The summed E-state index contributed by atoms with van der Waals surface area (Å²) in [5.41, 5.74) is 2.93. The average Bonchev–Trinajstić information content (AvgIpc) is 3.08. The Labute approximate surface area is 133 Å². The van der Waals surface area contributed by atoms with Crippen LogP contribution < -0.4 is 0 Å². The maximum atomic E-state index is 10.1. The summed E-state index contributed by atoms with van der Waals surface area (Å²) < 4.78 is 0. The van der Waals surface area contributed by atoms with Crippen molar-refractivity contribution in [3.8, 4) is 5.75 Å². The summed E-state index contributed by atoms with van der Waals surface area (Å²) in [6, 6.07) is 17.6. The van der Waals surface area contributed by atoms with Gasteiger partial charge in [-0.3, -0.25) is 0 Å². The van der Waals surface area contributed by atoms with Crippen molar-refractivity contribution < 1.29 is 5.11 Å². The molecule has 1 heterocycles. The first-order valence-electron chi connectivity index (χ1n) is 6.98. The van der Waals surface area contributed by atoms with Crippen LogP contribution in [0, 0.1) is 0 Å². The highest BCUT2D eigenvalue weighted by atomic mass is 32.2. The number of H-pyrrole nitrogens is 1. The molecule has 22 heavy (non-hydrogen) atoms. The predicted molar refractivity (Wildman–Crippen MR) is 91.5 cm³/mol. The molecule has 0 aliphatic heterocycles. The lowest BCUT2D eigenvalue weighted by molar-refractivity contribution is 0.473. The molecule has 2 N–H and O–H groups in total. The van der Waals surface area contributed by atoms with Gasteiger partial charge < -0.3 is 10.1 Å². The zero-order chi connectivity index (χ0) is 15.2. The molecule has 3 aromatic rings. The number of imidazole rings is 1. The number of para-hydroxylation sites is 1. The topological polar surface area (TPSA) is 48.9 Å². The maximum absolute atomic E-state index is 10.1. The molecule has 0 fully saturated rings. The third-order valence-corrected chi connectivity index (χ3v) is 4.14.